The summed E-state index contributed by atoms with van der Waals surface area (Å²) in [6.45, 7) is 8.00. The highest BCUT2D eigenvalue weighted by atomic mass is 16.5. The number of piperidine rings is 1. The first-order valence-corrected chi connectivity index (χ1v) is 7.81. The molecule has 2 fully saturated rings. The third kappa shape index (κ3) is 4.18. The Kier molecular flexibility index (Phi) is 5.64. The van der Waals surface area contributed by atoms with Crippen LogP contribution in [0.5, 0.6) is 0 Å². The Labute approximate surface area is 116 Å². The molecule has 2 heterocycles. The fraction of sp³-hybridized carbons (Fsp3) is 0.933. The first kappa shape index (κ1) is 14.8. The lowest BCUT2D eigenvalue weighted by Crippen LogP contribution is -2.49. The summed E-state index contributed by atoms with van der Waals surface area (Å²) in [6.07, 6.45) is 5.38. The zero-order chi connectivity index (χ0) is 13.7. The van der Waals surface area contributed by atoms with Gasteiger partial charge in [-0.15, -0.1) is 0 Å². The quantitative estimate of drug-likeness (QED) is 0.845. The fourth-order valence-electron chi connectivity index (χ4n) is 3.03. The molecule has 2 saturated heterocycles. The lowest BCUT2D eigenvalue weighted by molar-refractivity contribution is -0.149. The van der Waals surface area contributed by atoms with Crippen LogP contribution in [-0.2, 0) is 9.53 Å². The van der Waals surface area contributed by atoms with Crippen molar-refractivity contribution in [2.75, 3.05) is 26.2 Å². The Morgan fingerprint density at radius 1 is 1.32 bits per heavy atom. The van der Waals surface area contributed by atoms with Gasteiger partial charge in [0.1, 0.15) is 6.10 Å². The van der Waals surface area contributed by atoms with Crippen LogP contribution in [0.4, 0.5) is 0 Å². The van der Waals surface area contributed by atoms with E-state index in [1.165, 1.54) is 12.8 Å². The molecule has 19 heavy (non-hydrogen) atoms. The fourth-order valence-corrected chi connectivity index (χ4v) is 3.03. The normalized spacial score (nSPS) is 28.4. The molecule has 2 unspecified atom stereocenters. The zero-order valence-corrected chi connectivity index (χ0v) is 12.4. The van der Waals surface area contributed by atoms with E-state index in [0.29, 0.717) is 5.92 Å². The first-order valence-electron chi connectivity index (χ1n) is 7.81. The van der Waals surface area contributed by atoms with E-state index in [0.717, 1.165) is 45.5 Å². The van der Waals surface area contributed by atoms with Crippen molar-refractivity contribution >= 4 is 5.91 Å². The van der Waals surface area contributed by atoms with Gasteiger partial charge in [-0.2, -0.15) is 0 Å². The molecule has 0 aromatic carbocycles. The van der Waals surface area contributed by atoms with Crippen molar-refractivity contribution in [3.8, 4) is 0 Å². The second-order valence-corrected chi connectivity index (χ2v) is 6.15. The number of rotatable bonds is 4. The van der Waals surface area contributed by atoms with Crippen molar-refractivity contribution in [2.24, 2.45) is 5.92 Å². The molecule has 4 nitrogen and oxygen atoms in total. The molecule has 110 valence electrons. The lowest BCUT2D eigenvalue weighted by Gasteiger charge is -2.36. The van der Waals surface area contributed by atoms with Crippen LogP contribution in [-0.4, -0.2) is 49.2 Å². The van der Waals surface area contributed by atoms with Gasteiger partial charge in [0.05, 0.1) is 0 Å². The molecule has 0 bridgehead atoms. The van der Waals surface area contributed by atoms with E-state index >= 15 is 0 Å². The van der Waals surface area contributed by atoms with Crippen LogP contribution in [0.25, 0.3) is 0 Å². The van der Waals surface area contributed by atoms with Gasteiger partial charge in [0.2, 0.25) is 0 Å². The van der Waals surface area contributed by atoms with Crippen LogP contribution in [0.1, 0.15) is 46.0 Å². The summed E-state index contributed by atoms with van der Waals surface area (Å²) in [5.74, 6) is 0.809. The van der Waals surface area contributed by atoms with Gasteiger partial charge < -0.3 is 15.0 Å². The lowest BCUT2D eigenvalue weighted by atomic mass is 9.97. The molecule has 1 amide bonds. The van der Waals surface area contributed by atoms with Crippen LogP contribution < -0.4 is 5.32 Å². The maximum atomic E-state index is 12.6. The topological polar surface area (TPSA) is 41.6 Å². The SMILES string of the molecule is CC(C)N(CC1CCCNC1)C(=O)C1CCCCO1. The van der Waals surface area contributed by atoms with Gasteiger partial charge in [-0.1, -0.05) is 0 Å². The molecule has 2 rings (SSSR count). The summed E-state index contributed by atoms with van der Waals surface area (Å²) in [5.41, 5.74) is 0. The number of nitrogens with one attached hydrogen (secondary N) is 1. The molecular formula is C15H28N2O2. The largest absolute Gasteiger partial charge is 0.368 e. The Hall–Kier alpha value is -0.610. The van der Waals surface area contributed by atoms with Crippen LogP contribution in [0.15, 0.2) is 0 Å². The van der Waals surface area contributed by atoms with Crippen molar-refractivity contribution in [1.29, 1.82) is 0 Å². The summed E-state index contributed by atoms with van der Waals surface area (Å²) in [4.78, 5) is 14.6. The number of carbonyl (C=O) groups excluding carboxylic acids is 1. The summed E-state index contributed by atoms with van der Waals surface area (Å²) >= 11 is 0. The van der Waals surface area contributed by atoms with E-state index in [-0.39, 0.29) is 18.1 Å². The molecule has 2 aliphatic rings. The molecule has 0 spiro atoms. The van der Waals surface area contributed by atoms with Crippen molar-refractivity contribution in [3.63, 3.8) is 0 Å². The molecule has 0 saturated carbocycles. The number of hydrogen-bond donors (Lipinski definition) is 1. The molecule has 0 aromatic heterocycles. The maximum absolute atomic E-state index is 12.6. The van der Waals surface area contributed by atoms with Crippen LogP contribution in [0.3, 0.4) is 0 Å². The molecular weight excluding hydrogens is 240 g/mol. The third-order valence-corrected chi connectivity index (χ3v) is 4.22. The molecule has 2 atom stereocenters. The van der Waals surface area contributed by atoms with Crippen molar-refractivity contribution < 1.29 is 9.53 Å². The zero-order valence-electron chi connectivity index (χ0n) is 12.4. The molecule has 0 aliphatic carbocycles. The third-order valence-electron chi connectivity index (χ3n) is 4.22. The van der Waals surface area contributed by atoms with E-state index in [1.54, 1.807) is 0 Å². The Bertz CT molecular complexity index is 282. The van der Waals surface area contributed by atoms with Crippen LogP contribution in [0, 0.1) is 5.92 Å². The van der Waals surface area contributed by atoms with Crippen molar-refractivity contribution in [1.82, 2.24) is 10.2 Å². The van der Waals surface area contributed by atoms with Crippen molar-refractivity contribution in [2.45, 2.75) is 58.1 Å². The number of hydrogen-bond acceptors (Lipinski definition) is 3. The van der Waals surface area contributed by atoms with Gasteiger partial charge in [-0.3, -0.25) is 4.79 Å². The highest BCUT2D eigenvalue weighted by Crippen LogP contribution is 2.19. The number of carbonyl (C=O) groups is 1. The molecule has 0 aromatic rings. The minimum Gasteiger partial charge on any atom is -0.368 e. The highest BCUT2D eigenvalue weighted by Gasteiger charge is 2.30. The van der Waals surface area contributed by atoms with Gasteiger partial charge >= 0.3 is 0 Å². The standard InChI is InChI=1S/C15H28N2O2/c1-12(2)17(11-13-6-5-8-16-10-13)15(18)14-7-3-4-9-19-14/h12-14,16H,3-11H2,1-2H3. The average Bonchev–Trinajstić information content (AvgIpc) is 2.46. The molecule has 2 aliphatic heterocycles. The highest BCUT2D eigenvalue weighted by molar-refractivity contribution is 5.81. The second kappa shape index (κ2) is 7.25. The Morgan fingerprint density at radius 2 is 2.16 bits per heavy atom. The Morgan fingerprint density at radius 3 is 2.74 bits per heavy atom. The van der Waals surface area contributed by atoms with E-state index in [4.69, 9.17) is 4.74 Å². The van der Waals surface area contributed by atoms with Gasteiger partial charge in [0.25, 0.3) is 5.91 Å². The predicted octanol–water partition coefficient (Wildman–Crippen LogP) is 1.79. The van der Waals surface area contributed by atoms with E-state index < -0.39 is 0 Å². The van der Waals surface area contributed by atoms with E-state index in [2.05, 4.69) is 19.2 Å². The van der Waals surface area contributed by atoms with Crippen LogP contribution in [0.2, 0.25) is 0 Å². The number of nitrogens with zero attached hydrogens (tertiary/aromatic N) is 1. The minimum absolute atomic E-state index is 0.187. The van der Waals surface area contributed by atoms with Gasteiger partial charge in [0.15, 0.2) is 0 Å². The molecule has 4 heteroatoms. The van der Waals surface area contributed by atoms with Gasteiger partial charge in [-0.25, -0.2) is 0 Å². The van der Waals surface area contributed by atoms with Gasteiger partial charge in [-0.05, 0) is 65.0 Å². The first-order chi connectivity index (χ1) is 9.18. The monoisotopic (exact) mass is 268 g/mol. The van der Waals surface area contributed by atoms with E-state index in [1.807, 2.05) is 4.90 Å². The summed E-state index contributed by atoms with van der Waals surface area (Å²) in [5, 5.41) is 3.43. The summed E-state index contributed by atoms with van der Waals surface area (Å²) in [7, 11) is 0. The Balaban J connectivity index is 1.91. The second-order valence-electron chi connectivity index (χ2n) is 6.15. The van der Waals surface area contributed by atoms with Crippen LogP contribution >= 0.6 is 0 Å². The summed E-state index contributed by atoms with van der Waals surface area (Å²) in [6, 6.07) is 0.264. The number of amides is 1. The molecule has 0 radical (unpaired) electrons. The number of ether oxygens (including phenoxy) is 1. The van der Waals surface area contributed by atoms with E-state index in [9.17, 15) is 4.79 Å². The average molecular weight is 268 g/mol. The van der Waals surface area contributed by atoms with Crippen molar-refractivity contribution in [3.05, 3.63) is 0 Å². The maximum Gasteiger partial charge on any atom is 0.251 e. The molecule has 1 N–H and O–H groups in total. The smallest absolute Gasteiger partial charge is 0.251 e. The predicted molar refractivity (Wildman–Crippen MR) is 76.0 cm³/mol. The van der Waals surface area contributed by atoms with Gasteiger partial charge in [0, 0.05) is 19.2 Å². The minimum atomic E-state index is -0.187. The summed E-state index contributed by atoms with van der Waals surface area (Å²) < 4.78 is 5.65.